The highest BCUT2D eigenvalue weighted by atomic mass is 16.5. The molecule has 0 aliphatic rings. The van der Waals surface area contributed by atoms with E-state index in [1.807, 2.05) is 11.8 Å². The Kier molecular flexibility index (Phi) is 5.99. The van der Waals surface area contributed by atoms with Gasteiger partial charge in [-0.15, -0.1) is 0 Å². The second-order valence-corrected chi connectivity index (χ2v) is 4.89. The minimum absolute atomic E-state index is 0.0256. The molecule has 0 fully saturated rings. The molecular weight excluding hydrogens is 242 g/mol. The van der Waals surface area contributed by atoms with Crippen LogP contribution in [0.25, 0.3) is 0 Å². The van der Waals surface area contributed by atoms with Crippen molar-refractivity contribution < 1.29 is 14.6 Å². The number of aliphatic carboxylic acids is 1. The van der Waals surface area contributed by atoms with E-state index in [2.05, 4.69) is 32.0 Å². The summed E-state index contributed by atoms with van der Waals surface area (Å²) in [5.41, 5.74) is 3.58. The summed E-state index contributed by atoms with van der Waals surface area (Å²) >= 11 is 0. The lowest BCUT2D eigenvalue weighted by molar-refractivity contribution is -0.139. The van der Waals surface area contributed by atoms with Crippen molar-refractivity contribution in [1.29, 1.82) is 0 Å². The molecule has 0 spiro atoms. The number of carboxylic acid groups (broad SMARTS) is 1. The molecule has 0 aliphatic heterocycles. The number of aryl methyl sites for hydroxylation is 2. The number of benzene rings is 1. The van der Waals surface area contributed by atoms with Gasteiger partial charge in [-0.25, -0.2) is 0 Å². The summed E-state index contributed by atoms with van der Waals surface area (Å²) in [6, 6.07) is 6.33. The van der Waals surface area contributed by atoms with Crippen LogP contribution in [0.15, 0.2) is 18.2 Å². The van der Waals surface area contributed by atoms with Gasteiger partial charge in [-0.1, -0.05) is 23.8 Å². The van der Waals surface area contributed by atoms with Crippen LogP contribution in [0.3, 0.4) is 0 Å². The molecule has 0 radical (unpaired) electrons. The third-order valence-electron chi connectivity index (χ3n) is 3.34. The number of nitrogens with zero attached hydrogens (tertiary/aromatic N) is 1. The maximum Gasteiger partial charge on any atom is 0.317 e. The smallest absolute Gasteiger partial charge is 0.317 e. The van der Waals surface area contributed by atoms with Gasteiger partial charge < -0.3 is 9.84 Å². The van der Waals surface area contributed by atoms with Gasteiger partial charge in [0.1, 0.15) is 0 Å². The van der Waals surface area contributed by atoms with E-state index in [-0.39, 0.29) is 12.6 Å². The van der Waals surface area contributed by atoms with E-state index in [0.717, 1.165) is 0 Å². The Morgan fingerprint density at radius 2 is 2.11 bits per heavy atom. The lowest BCUT2D eigenvalue weighted by atomic mass is 9.99. The molecule has 4 nitrogen and oxygen atoms in total. The van der Waals surface area contributed by atoms with Gasteiger partial charge in [-0.05, 0) is 31.9 Å². The van der Waals surface area contributed by atoms with Crippen molar-refractivity contribution in [3.63, 3.8) is 0 Å². The molecule has 0 aliphatic carbocycles. The van der Waals surface area contributed by atoms with Gasteiger partial charge in [0.15, 0.2) is 0 Å². The van der Waals surface area contributed by atoms with Gasteiger partial charge in [-0.3, -0.25) is 9.69 Å². The highest BCUT2D eigenvalue weighted by Gasteiger charge is 2.19. The van der Waals surface area contributed by atoms with Gasteiger partial charge in [0.05, 0.1) is 13.2 Å². The first kappa shape index (κ1) is 15.7. The molecule has 0 saturated heterocycles. The number of ether oxygens (including phenoxy) is 1. The summed E-state index contributed by atoms with van der Waals surface area (Å²) in [6.07, 6.45) is 0. The zero-order valence-corrected chi connectivity index (χ0v) is 12.1. The summed E-state index contributed by atoms with van der Waals surface area (Å²) in [5, 5.41) is 9.01. The fraction of sp³-hybridized carbons (Fsp3) is 0.533. The second kappa shape index (κ2) is 7.26. The number of carboxylic acids is 1. The van der Waals surface area contributed by atoms with Crippen molar-refractivity contribution in [2.75, 3.05) is 26.8 Å². The number of rotatable bonds is 7. The van der Waals surface area contributed by atoms with Crippen LogP contribution >= 0.6 is 0 Å². The molecule has 1 N–H and O–H groups in total. The van der Waals surface area contributed by atoms with Crippen molar-refractivity contribution >= 4 is 5.97 Å². The predicted octanol–water partition coefficient (Wildman–Crippen LogP) is 2.40. The maximum atomic E-state index is 11.0. The van der Waals surface area contributed by atoms with Crippen LogP contribution in [-0.4, -0.2) is 42.8 Å². The predicted molar refractivity (Wildman–Crippen MR) is 75.4 cm³/mol. The van der Waals surface area contributed by atoms with Crippen molar-refractivity contribution in [2.45, 2.75) is 26.8 Å². The summed E-state index contributed by atoms with van der Waals surface area (Å²) in [6.45, 7) is 7.32. The van der Waals surface area contributed by atoms with Crippen LogP contribution in [0.5, 0.6) is 0 Å². The first-order chi connectivity index (χ1) is 8.95. The van der Waals surface area contributed by atoms with Crippen LogP contribution in [-0.2, 0) is 9.53 Å². The zero-order chi connectivity index (χ0) is 14.4. The Labute approximate surface area is 115 Å². The fourth-order valence-electron chi connectivity index (χ4n) is 2.28. The molecule has 1 unspecified atom stereocenters. The first-order valence-electron chi connectivity index (χ1n) is 6.47. The molecule has 106 valence electrons. The van der Waals surface area contributed by atoms with Crippen molar-refractivity contribution in [2.24, 2.45) is 0 Å². The minimum Gasteiger partial charge on any atom is -0.480 e. The first-order valence-corrected chi connectivity index (χ1v) is 6.47. The Balaban J connectivity index is 2.90. The molecule has 1 aromatic carbocycles. The number of methoxy groups -OCH3 is 1. The Morgan fingerprint density at radius 1 is 1.42 bits per heavy atom. The van der Waals surface area contributed by atoms with Gasteiger partial charge in [0.2, 0.25) is 0 Å². The Bertz CT molecular complexity index is 431. The van der Waals surface area contributed by atoms with Crippen molar-refractivity contribution in [1.82, 2.24) is 4.90 Å². The van der Waals surface area contributed by atoms with E-state index in [0.29, 0.717) is 13.2 Å². The molecule has 0 bridgehead atoms. The quantitative estimate of drug-likeness (QED) is 0.822. The summed E-state index contributed by atoms with van der Waals surface area (Å²) < 4.78 is 5.05. The normalized spacial score (nSPS) is 12.7. The highest BCUT2D eigenvalue weighted by molar-refractivity contribution is 5.69. The summed E-state index contributed by atoms with van der Waals surface area (Å²) in [7, 11) is 1.63. The number of carbonyl (C=O) groups is 1. The van der Waals surface area contributed by atoms with Crippen LogP contribution in [0.4, 0.5) is 0 Å². The van der Waals surface area contributed by atoms with Gasteiger partial charge in [-0.2, -0.15) is 0 Å². The largest absolute Gasteiger partial charge is 0.480 e. The molecule has 1 rings (SSSR count). The molecule has 0 aromatic heterocycles. The average Bonchev–Trinajstić information content (AvgIpc) is 2.33. The fourth-order valence-corrected chi connectivity index (χ4v) is 2.28. The molecule has 4 heteroatoms. The minimum atomic E-state index is -0.812. The second-order valence-electron chi connectivity index (χ2n) is 4.89. The molecule has 19 heavy (non-hydrogen) atoms. The maximum absolute atomic E-state index is 11.0. The summed E-state index contributed by atoms with van der Waals surface area (Å²) in [4.78, 5) is 12.9. The van der Waals surface area contributed by atoms with Crippen molar-refractivity contribution in [3.8, 4) is 0 Å². The standard InChI is InChI=1S/C15H23NO3/c1-11-5-6-14(12(2)9-11)13(3)16(7-8-19-4)10-15(17)18/h5-6,9,13H,7-8,10H2,1-4H3,(H,17,18). The summed E-state index contributed by atoms with van der Waals surface area (Å²) in [5.74, 6) is -0.812. The molecule has 1 atom stereocenters. The van der Waals surface area contributed by atoms with E-state index >= 15 is 0 Å². The Hall–Kier alpha value is -1.39. The van der Waals surface area contributed by atoms with E-state index < -0.39 is 5.97 Å². The third kappa shape index (κ3) is 4.65. The van der Waals surface area contributed by atoms with E-state index in [9.17, 15) is 4.79 Å². The van der Waals surface area contributed by atoms with E-state index in [1.54, 1.807) is 7.11 Å². The number of hydrogen-bond donors (Lipinski definition) is 1. The van der Waals surface area contributed by atoms with Crippen LogP contribution < -0.4 is 0 Å². The van der Waals surface area contributed by atoms with E-state index in [4.69, 9.17) is 9.84 Å². The monoisotopic (exact) mass is 265 g/mol. The molecule has 1 aromatic rings. The number of hydrogen-bond acceptors (Lipinski definition) is 3. The highest BCUT2D eigenvalue weighted by Crippen LogP contribution is 2.24. The van der Waals surface area contributed by atoms with Crippen LogP contribution in [0, 0.1) is 13.8 Å². The third-order valence-corrected chi connectivity index (χ3v) is 3.34. The van der Waals surface area contributed by atoms with Gasteiger partial charge in [0.25, 0.3) is 0 Å². The van der Waals surface area contributed by atoms with E-state index in [1.165, 1.54) is 16.7 Å². The topological polar surface area (TPSA) is 49.8 Å². The molecule has 0 saturated carbocycles. The average molecular weight is 265 g/mol. The van der Waals surface area contributed by atoms with Gasteiger partial charge in [0, 0.05) is 19.7 Å². The van der Waals surface area contributed by atoms with Gasteiger partial charge >= 0.3 is 5.97 Å². The molecular formula is C15H23NO3. The lowest BCUT2D eigenvalue weighted by Gasteiger charge is -2.28. The van der Waals surface area contributed by atoms with Crippen LogP contribution in [0.1, 0.15) is 29.7 Å². The Morgan fingerprint density at radius 3 is 2.63 bits per heavy atom. The SMILES string of the molecule is COCCN(CC(=O)O)C(C)c1ccc(C)cc1C. The lowest BCUT2D eigenvalue weighted by Crippen LogP contribution is -2.35. The van der Waals surface area contributed by atoms with Crippen LogP contribution in [0.2, 0.25) is 0 Å². The van der Waals surface area contributed by atoms with Crippen molar-refractivity contribution in [3.05, 3.63) is 34.9 Å². The molecule has 0 amide bonds. The molecule has 0 heterocycles. The zero-order valence-electron chi connectivity index (χ0n) is 12.1.